The molecule has 0 unspecified atom stereocenters. The van der Waals surface area contributed by atoms with Crippen molar-refractivity contribution in [1.82, 2.24) is 0 Å². The maximum Gasteiger partial charge on any atom is 0.122 e. The van der Waals surface area contributed by atoms with Gasteiger partial charge in [0.15, 0.2) is 0 Å². The average Bonchev–Trinajstić information content (AvgIpc) is 2.06. The highest BCUT2D eigenvalue weighted by Crippen LogP contribution is 2.29. The third kappa shape index (κ3) is 1.79. The maximum atomic E-state index is 9.62. The fraction of sp³-hybridized carbons (Fsp3) is 0.333. The van der Waals surface area contributed by atoms with Gasteiger partial charge in [-0.1, -0.05) is 22.0 Å². The van der Waals surface area contributed by atoms with Crippen LogP contribution in [0.5, 0.6) is 5.75 Å². The number of aryl methyl sites for hydroxylation is 1. The first-order chi connectivity index (χ1) is 5.66. The minimum Gasteiger partial charge on any atom is -0.507 e. The van der Waals surface area contributed by atoms with Crippen LogP contribution in [0.1, 0.15) is 11.1 Å². The van der Waals surface area contributed by atoms with E-state index in [0.29, 0.717) is 18.7 Å². The molecule has 0 atom stereocenters. The lowest BCUT2D eigenvalue weighted by Gasteiger charge is -2.07. The number of phenols is 1. The van der Waals surface area contributed by atoms with Crippen LogP contribution < -0.4 is 5.73 Å². The van der Waals surface area contributed by atoms with E-state index >= 15 is 0 Å². The Kier molecular flexibility index (Phi) is 3.12. The van der Waals surface area contributed by atoms with E-state index in [4.69, 9.17) is 5.73 Å². The molecular formula is C9H12BrNO. The van der Waals surface area contributed by atoms with E-state index in [1.54, 1.807) is 0 Å². The Morgan fingerprint density at radius 2 is 2.17 bits per heavy atom. The van der Waals surface area contributed by atoms with Crippen LogP contribution in [0.4, 0.5) is 0 Å². The van der Waals surface area contributed by atoms with Crippen LogP contribution >= 0.6 is 15.9 Å². The van der Waals surface area contributed by atoms with Crippen molar-refractivity contribution in [2.75, 3.05) is 6.54 Å². The zero-order valence-electron chi connectivity index (χ0n) is 6.97. The molecule has 1 aromatic carbocycles. The lowest BCUT2D eigenvalue weighted by molar-refractivity contribution is 0.463. The molecule has 0 saturated heterocycles. The molecule has 66 valence electrons. The molecule has 0 amide bonds. The van der Waals surface area contributed by atoms with E-state index in [-0.39, 0.29) is 0 Å². The number of hydrogen-bond donors (Lipinski definition) is 2. The Labute approximate surface area is 80.5 Å². The molecule has 12 heavy (non-hydrogen) atoms. The molecule has 0 aliphatic carbocycles. The lowest BCUT2D eigenvalue weighted by Crippen LogP contribution is -2.03. The van der Waals surface area contributed by atoms with Gasteiger partial charge in [0.1, 0.15) is 5.75 Å². The lowest BCUT2D eigenvalue weighted by atomic mass is 10.1. The first-order valence-electron chi connectivity index (χ1n) is 3.84. The topological polar surface area (TPSA) is 46.2 Å². The minimum absolute atomic E-state index is 0.356. The zero-order valence-corrected chi connectivity index (χ0v) is 8.56. The molecule has 0 bridgehead atoms. The fourth-order valence-electron chi connectivity index (χ4n) is 1.11. The van der Waals surface area contributed by atoms with Crippen molar-refractivity contribution in [3.8, 4) is 5.75 Å². The fourth-order valence-corrected chi connectivity index (χ4v) is 1.63. The van der Waals surface area contributed by atoms with Gasteiger partial charge in [-0.05, 0) is 31.5 Å². The zero-order chi connectivity index (χ0) is 9.14. The van der Waals surface area contributed by atoms with Gasteiger partial charge in [0, 0.05) is 10.0 Å². The van der Waals surface area contributed by atoms with Crippen molar-refractivity contribution in [2.45, 2.75) is 13.3 Å². The van der Waals surface area contributed by atoms with E-state index < -0.39 is 0 Å². The number of halogens is 1. The molecule has 3 heteroatoms. The number of phenolic OH excluding ortho intramolecular Hbond substituents is 1. The molecule has 0 spiro atoms. The summed E-state index contributed by atoms with van der Waals surface area (Å²) in [5, 5.41) is 9.62. The third-order valence-corrected chi connectivity index (χ3v) is 2.56. The van der Waals surface area contributed by atoms with E-state index in [1.165, 1.54) is 0 Å². The number of aromatic hydroxyl groups is 1. The molecule has 0 heterocycles. The highest BCUT2D eigenvalue weighted by atomic mass is 79.9. The summed E-state index contributed by atoms with van der Waals surface area (Å²) in [7, 11) is 0. The highest BCUT2D eigenvalue weighted by molar-refractivity contribution is 9.10. The van der Waals surface area contributed by atoms with Gasteiger partial charge in [-0.2, -0.15) is 0 Å². The number of rotatable bonds is 2. The standard InChI is InChI=1S/C9H12BrNO/c1-6-2-3-8(10)7(4-5-11)9(6)12/h2-3,12H,4-5,11H2,1H3. The predicted molar refractivity (Wildman–Crippen MR) is 53.3 cm³/mol. The summed E-state index contributed by atoms with van der Waals surface area (Å²) < 4.78 is 0.927. The maximum absolute atomic E-state index is 9.62. The van der Waals surface area contributed by atoms with Crippen molar-refractivity contribution in [1.29, 1.82) is 0 Å². The van der Waals surface area contributed by atoms with Crippen LogP contribution in [0.3, 0.4) is 0 Å². The van der Waals surface area contributed by atoms with E-state index in [1.807, 2.05) is 19.1 Å². The molecule has 0 aliphatic heterocycles. The summed E-state index contributed by atoms with van der Waals surface area (Å²) in [5.41, 5.74) is 7.21. The molecular weight excluding hydrogens is 218 g/mol. The van der Waals surface area contributed by atoms with Crippen LogP contribution in [0.15, 0.2) is 16.6 Å². The van der Waals surface area contributed by atoms with E-state index in [9.17, 15) is 5.11 Å². The van der Waals surface area contributed by atoms with Crippen molar-refractivity contribution < 1.29 is 5.11 Å². The number of nitrogens with two attached hydrogens (primary N) is 1. The molecule has 1 aromatic rings. The first kappa shape index (κ1) is 9.55. The van der Waals surface area contributed by atoms with Gasteiger partial charge in [-0.15, -0.1) is 0 Å². The molecule has 0 saturated carbocycles. The monoisotopic (exact) mass is 229 g/mol. The third-order valence-electron chi connectivity index (χ3n) is 1.82. The van der Waals surface area contributed by atoms with Gasteiger partial charge >= 0.3 is 0 Å². The Bertz CT molecular complexity index is 286. The summed E-state index contributed by atoms with van der Waals surface area (Å²) in [6, 6.07) is 3.81. The molecule has 0 aromatic heterocycles. The summed E-state index contributed by atoms with van der Waals surface area (Å²) in [5.74, 6) is 0.356. The van der Waals surface area contributed by atoms with Gasteiger partial charge < -0.3 is 10.8 Å². The van der Waals surface area contributed by atoms with Crippen LogP contribution in [0, 0.1) is 6.92 Å². The second-order valence-corrected chi connectivity index (χ2v) is 3.58. The van der Waals surface area contributed by atoms with Gasteiger partial charge in [-0.3, -0.25) is 0 Å². The summed E-state index contributed by atoms with van der Waals surface area (Å²) in [6.07, 6.45) is 0.702. The minimum atomic E-state index is 0.356. The van der Waals surface area contributed by atoms with Crippen molar-refractivity contribution in [3.05, 3.63) is 27.7 Å². The number of benzene rings is 1. The molecule has 0 radical (unpaired) electrons. The second kappa shape index (κ2) is 3.92. The molecule has 3 N–H and O–H groups in total. The molecule has 2 nitrogen and oxygen atoms in total. The van der Waals surface area contributed by atoms with Gasteiger partial charge in [0.2, 0.25) is 0 Å². The Morgan fingerprint density at radius 3 is 2.75 bits per heavy atom. The van der Waals surface area contributed by atoms with Crippen LogP contribution in [-0.4, -0.2) is 11.7 Å². The summed E-state index contributed by atoms with van der Waals surface area (Å²) in [6.45, 7) is 2.43. The summed E-state index contributed by atoms with van der Waals surface area (Å²) >= 11 is 3.37. The summed E-state index contributed by atoms with van der Waals surface area (Å²) in [4.78, 5) is 0. The number of hydrogen-bond acceptors (Lipinski definition) is 2. The highest BCUT2D eigenvalue weighted by Gasteiger charge is 2.06. The van der Waals surface area contributed by atoms with Gasteiger partial charge in [0.05, 0.1) is 0 Å². The van der Waals surface area contributed by atoms with Gasteiger partial charge in [-0.25, -0.2) is 0 Å². The van der Waals surface area contributed by atoms with Crippen LogP contribution in [-0.2, 0) is 6.42 Å². The van der Waals surface area contributed by atoms with Crippen molar-refractivity contribution >= 4 is 15.9 Å². The Balaban J connectivity index is 3.14. The Hall–Kier alpha value is -0.540. The van der Waals surface area contributed by atoms with E-state index in [2.05, 4.69) is 15.9 Å². The molecule has 1 rings (SSSR count). The molecule has 0 aliphatic rings. The second-order valence-electron chi connectivity index (χ2n) is 2.73. The predicted octanol–water partition coefficient (Wildman–Crippen LogP) is 1.96. The van der Waals surface area contributed by atoms with Crippen LogP contribution in [0.25, 0.3) is 0 Å². The van der Waals surface area contributed by atoms with E-state index in [0.717, 1.165) is 15.6 Å². The van der Waals surface area contributed by atoms with Crippen molar-refractivity contribution in [3.63, 3.8) is 0 Å². The van der Waals surface area contributed by atoms with Gasteiger partial charge in [0.25, 0.3) is 0 Å². The quantitative estimate of drug-likeness (QED) is 0.815. The normalized spacial score (nSPS) is 10.2. The smallest absolute Gasteiger partial charge is 0.122 e. The average molecular weight is 230 g/mol. The van der Waals surface area contributed by atoms with Crippen molar-refractivity contribution in [2.24, 2.45) is 5.73 Å². The largest absolute Gasteiger partial charge is 0.507 e. The van der Waals surface area contributed by atoms with Crippen LogP contribution in [0.2, 0.25) is 0 Å². The molecule has 0 fully saturated rings. The SMILES string of the molecule is Cc1ccc(Br)c(CCN)c1O. The first-order valence-corrected chi connectivity index (χ1v) is 4.63. The Morgan fingerprint density at radius 1 is 1.50 bits per heavy atom.